The normalized spacial score (nSPS) is 10.2. The number of nitrogens with one attached hydrogen (secondary N) is 2. The van der Waals surface area contributed by atoms with E-state index in [9.17, 15) is 4.79 Å². The minimum absolute atomic E-state index is 0.153. The summed E-state index contributed by atoms with van der Waals surface area (Å²) in [5, 5.41) is 23.4. The molecule has 0 fully saturated rings. The molecular weight excluding hydrogens is 564 g/mol. The molecule has 11 nitrogen and oxygen atoms in total. The van der Waals surface area contributed by atoms with Crippen LogP contribution in [0.3, 0.4) is 0 Å². The number of hydrogen-bond donors (Lipinski definition) is 2. The standard InChI is InChI=1S/C17H15N5O.C17H17N5/c1-13(23)18-17-11-6-8-14(19-17)7-4-5-12-22-20-15-9-2-3-10-16(15)21-22;1-2-18-17-12-7-9-14(19-17)8-5-6-13-22-20-15-10-3-4-11-16(15)21-22/h2-3,6,8-11H,5,12H2,1H3,(H,18,19,23);3-4,7,9-12H,2,6,13H2,1H3,(H,18,19). The van der Waals surface area contributed by atoms with Crippen LogP contribution < -0.4 is 10.6 Å². The van der Waals surface area contributed by atoms with Gasteiger partial charge in [0.2, 0.25) is 5.91 Å². The number of carbonyl (C=O) groups is 1. The number of aryl methyl sites for hydroxylation is 2. The molecule has 6 aromatic rings. The summed E-state index contributed by atoms with van der Waals surface area (Å²) >= 11 is 0. The lowest BCUT2D eigenvalue weighted by atomic mass is 10.3. The minimum Gasteiger partial charge on any atom is -0.370 e. The summed E-state index contributed by atoms with van der Waals surface area (Å²) in [5.74, 6) is 13.4. The van der Waals surface area contributed by atoms with Gasteiger partial charge in [-0.1, -0.05) is 48.2 Å². The van der Waals surface area contributed by atoms with Crippen molar-refractivity contribution in [3.63, 3.8) is 0 Å². The lowest BCUT2D eigenvalue weighted by Crippen LogP contribution is -2.07. The first kappa shape index (κ1) is 30.4. The largest absolute Gasteiger partial charge is 0.370 e. The Morgan fingerprint density at radius 1 is 0.644 bits per heavy atom. The van der Waals surface area contributed by atoms with E-state index in [4.69, 9.17) is 0 Å². The Kier molecular flexibility index (Phi) is 10.4. The van der Waals surface area contributed by atoms with E-state index < -0.39 is 0 Å². The molecule has 11 heteroatoms. The van der Waals surface area contributed by atoms with Gasteiger partial charge >= 0.3 is 0 Å². The Morgan fingerprint density at radius 3 is 1.53 bits per heavy atom. The van der Waals surface area contributed by atoms with Crippen LogP contribution in [0.15, 0.2) is 84.9 Å². The zero-order chi connectivity index (χ0) is 31.3. The van der Waals surface area contributed by atoms with E-state index in [2.05, 4.69) is 64.7 Å². The maximum Gasteiger partial charge on any atom is 0.222 e. The molecule has 0 bridgehead atoms. The van der Waals surface area contributed by atoms with Crippen molar-refractivity contribution in [3.8, 4) is 23.7 Å². The topological polar surface area (TPSA) is 128 Å². The van der Waals surface area contributed by atoms with Gasteiger partial charge < -0.3 is 10.6 Å². The van der Waals surface area contributed by atoms with Crippen molar-refractivity contribution in [2.24, 2.45) is 0 Å². The number of nitrogens with zero attached hydrogens (tertiary/aromatic N) is 8. The summed E-state index contributed by atoms with van der Waals surface area (Å²) in [7, 11) is 0. The Balaban J connectivity index is 0.000000178. The van der Waals surface area contributed by atoms with Crippen molar-refractivity contribution in [3.05, 3.63) is 96.3 Å². The molecule has 0 unspecified atom stereocenters. The van der Waals surface area contributed by atoms with Crippen LogP contribution in [-0.2, 0) is 17.9 Å². The van der Waals surface area contributed by atoms with Crippen molar-refractivity contribution >= 4 is 39.6 Å². The first-order valence-electron chi connectivity index (χ1n) is 14.6. The van der Waals surface area contributed by atoms with Gasteiger partial charge in [0.05, 0.1) is 13.1 Å². The number of carbonyl (C=O) groups excluding carboxylic acids is 1. The third kappa shape index (κ3) is 9.21. The second-order valence-electron chi connectivity index (χ2n) is 9.70. The smallest absolute Gasteiger partial charge is 0.222 e. The number of amides is 1. The molecule has 4 heterocycles. The monoisotopic (exact) mass is 596 g/mol. The number of anilines is 2. The average Bonchev–Trinajstić information content (AvgIpc) is 3.66. The second-order valence-corrected chi connectivity index (χ2v) is 9.70. The van der Waals surface area contributed by atoms with Gasteiger partial charge in [0.1, 0.15) is 45.1 Å². The van der Waals surface area contributed by atoms with Gasteiger partial charge in [0.25, 0.3) is 0 Å². The van der Waals surface area contributed by atoms with E-state index in [0.29, 0.717) is 37.4 Å². The lowest BCUT2D eigenvalue weighted by Gasteiger charge is -2.00. The summed E-state index contributed by atoms with van der Waals surface area (Å²) in [5.41, 5.74) is 4.98. The third-order valence-electron chi connectivity index (χ3n) is 6.12. The SMILES string of the molecule is CC(=O)Nc1cccc(C#CCCn2nc3ccccc3n2)n1.CCNc1cccc(C#CCCn2nc3ccccc3n2)n1. The van der Waals surface area contributed by atoms with E-state index in [1.54, 1.807) is 21.7 Å². The van der Waals surface area contributed by atoms with Crippen molar-refractivity contribution in [1.29, 1.82) is 0 Å². The highest BCUT2D eigenvalue weighted by Gasteiger charge is 2.01. The first-order valence-corrected chi connectivity index (χ1v) is 14.6. The van der Waals surface area contributed by atoms with Gasteiger partial charge in [-0.15, -0.1) is 0 Å². The minimum atomic E-state index is -0.153. The van der Waals surface area contributed by atoms with Gasteiger partial charge in [-0.3, -0.25) is 4.79 Å². The van der Waals surface area contributed by atoms with Crippen molar-refractivity contribution < 1.29 is 4.79 Å². The Hall–Kier alpha value is -6.07. The highest BCUT2D eigenvalue weighted by molar-refractivity contribution is 5.87. The second kappa shape index (κ2) is 15.4. The van der Waals surface area contributed by atoms with Crippen LogP contribution in [0, 0.1) is 23.7 Å². The van der Waals surface area contributed by atoms with Gasteiger partial charge in [0, 0.05) is 26.3 Å². The molecule has 1 amide bonds. The van der Waals surface area contributed by atoms with Crippen LogP contribution >= 0.6 is 0 Å². The molecule has 0 saturated carbocycles. The molecule has 0 spiro atoms. The Labute approximate surface area is 261 Å². The van der Waals surface area contributed by atoms with E-state index in [-0.39, 0.29) is 5.91 Å². The molecule has 6 rings (SSSR count). The van der Waals surface area contributed by atoms with E-state index >= 15 is 0 Å². The number of aromatic nitrogens is 8. The van der Waals surface area contributed by atoms with Crippen LogP contribution in [0.2, 0.25) is 0 Å². The van der Waals surface area contributed by atoms with Crippen molar-refractivity contribution in [2.45, 2.75) is 39.8 Å². The Morgan fingerprint density at radius 2 is 1.09 bits per heavy atom. The highest BCUT2D eigenvalue weighted by atomic mass is 16.1. The Bertz CT molecular complexity index is 1960. The molecule has 0 atom stereocenters. The average molecular weight is 597 g/mol. The number of benzene rings is 2. The van der Waals surface area contributed by atoms with E-state index in [1.165, 1.54) is 6.92 Å². The van der Waals surface area contributed by atoms with E-state index in [1.807, 2.05) is 79.7 Å². The number of fused-ring (bicyclic) bond motifs is 2. The summed E-state index contributed by atoms with van der Waals surface area (Å²) in [6.45, 7) is 5.63. The quantitative estimate of drug-likeness (QED) is 0.249. The van der Waals surface area contributed by atoms with Crippen LogP contribution in [0.4, 0.5) is 11.6 Å². The van der Waals surface area contributed by atoms with Crippen LogP contribution in [0.25, 0.3) is 22.1 Å². The predicted molar refractivity (Wildman–Crippen MR) is 175 cm³/mol. The van der Waals surface area contributed by atoms with Crippen molar-refractivity contribution in [2.75, 3.05) is 17.2 Å². The van der Waals surface area contributed by atoms with Gasteiger partial charge in [-0.05, 0) is 67.3 Å². The van der Waals surface area contributed by atoms with E-state index in [0.717, 1.165) is 40.1 Å². The first-order chi connectivity index (χ1) is 22.1. The molecule has 2 aromatic carbocycles. The lowest BCUT2D eigenvalue weighted by molar-refractivity contribution is -0.114. The number of hydrogen-bond acceptors (Lipinski definition) is 8. The van der Waals surface area contributed by atoms with Crippen molar-refractivity contribution in [1.82, 2.24) is 40.0 Å². The van der Waals surface area contributed by atoms with Crippen LogP contribution in [0.5, 0.6) is 0 Å². The molecule has 0 aliphatic heterocycles. The molecule has 45 heavy (non-hydrogen) atoms. The molecule has 0 aliphatic carbocycles. The zero-order valence-electron chi connectivity index (χ0n) is 25.1. The van der Waals surface area contributed by atoms with Gasteiger partial charge in [-0.2, -0.15) is 30.0 Å². The zero-order valence-corrected chi connectivity index (χ0v) is 25.1. The molecule has 224 valence electrons. The highest BCUT2D eigenvalue weighted by Crippen LogP contribution is 2.09. The molecule has 4 aromatic heterocycles. The fourth-order valence-corrected chi connectivity index (χ4v) is 4.16. The number of rotatable bonds is 7. The molecule has 0 saturated heterocycles. The molecule has 0 radical (unpaired) electrons. The van der Waals surface area contributed by atoms with Gasteiger partial charge in [-0.25, -0.2) is 9.97 Å². The summed E-state index contributed by atoms with van der Waals surface area (Å²) in [6.07, 6.45) is 1.31. The summed E-state index contributed by atoms with van der Waals surface area (Å²) in [6, 6.07) is 26.7. The summed E-state index contributed by atoms with van der Waals surface area (Å²) < 4.78 is 0. The molecule has 0 aliphatic rings. The molecule has 2 N–H and O–H groups in total. The summed E-state index contributed by atoms with van der Waals surface area (Å²) in [4.78, 5) is 23.0. The van der Waals surface area contributed by atoms with Crippen LogP contribution in [-0.4, -0.2) is 52.4 Å². The maximum absolute atomic E-state index is 11.0. The number of pyridine rings is 2. The predicted octanol–water partition coefficient (Wildman–Crippen LogP) is 4.93. The third-order valence-corrected chi connectivity index (χ3v) is 6.12. The fourth-order valence-electron chi connectivity index (χ4n) is 4.16. The van der Waals surface area contributed by atoms with Crippen LogP contribution in [0.1, 0.15) is 38.1 Å². The molecular formula is C34H32N10O. The maximum atomic E-state index is 11.0. The van der Waals surface area contributed by atoms with Gasteiger partial charge in [0.15, 0.2) is 0 Å². The fraction of sp³-hybridized carbons (Fsp3) is 0.206.